The van der Waals surface area contributed by atoms with Gasteiger partial charge in [0, 0.05) is 16.2 Å². The van der Waals surface area contributed by atoms with Crippen LogP contribution in [0.5, 0.6) is 0 Å². The van der Waals surface area contributed by atoms with Crippen molar-refractivity contribution in [3.8, 4) is 22.3 Å². The van der Waals surface area contributed by atoms with E-state index in [4.69, 9.17) is 27.7 Å². The summed E-state index contributed by atoms with van der Waals surface area (Å²) in [7, 11) is 0. The van der Waals surface area contributed by atoms with Crippen LogP contribution in [-0.4, -0.2) is 0 Å². The average Bonchev–Trinajstić information content (AvgIpc) is 3.91. The molecule has 0 spiro atoms. The van der Waals surface area contributed by atoms with Crippen molar-refractivity contribution in [2.24, 2.45) is 0 Å². The third-order valence-electron chi connectivity index (χ3n) is 7.98. The Hall–Kier alpha value is -6.18. The highest BCUT2D eigenvalue weighted by atomic mass is 16.3. The van der Waals surface area contributed by atoms with Gasteiger partial charge in [0.1, 0.15) is 11.2 Å². The van der Waals surface area contributed by atoms with Gasteiger partial charge in [-0.05, 0) is 95.6 Å². The topological polar surface area (TPSA) is 13.1 Å². The second-order valence-electron chi connectivity index (χ2n) is 10.6. The monoisotopic (exact) mass is 638 g/mol. The smallest absolute Gasteiger partial charge is 0.143 e. The fourth-order valence-electron chi connectivity index (χ4n) is 5.89. The van der Waals surface area contributed by atoms with Crippen molar-refractivity contribution in [2.45, 2.75) is 6.42 Å². The van der Waals surface area contributed by atoms with E-state index in [2.05, 4.69) is 0 Å². The van der Waals surface area contributed by atoms with Gasteiger partial charge in [0.15, 0.2) is 0 Å². The molecule has 224 valence electrons. The molecule has 0 aliphatic heterocycles. The van der Waals surface area contributed by atoms with E-state index < -0.39 is 268 Å². The molecular formula is C47H30O. The molecule has 0 aliphatic rings. The van der Waals surface area contributed by atoms with Crippen molar-refractivity contribution in [1.29, 1.82) is 0 Å². The van der Waals surface area contributed by atoms with Gasteiger partial charge in [-0.3, -0.25) is 0 Å². The molecule has 48 heavy (non-hydrogen) atoms. The highest BCUT2D eigenvalue weighted by molar-refractivity contribution is 6.22. The first-order chi connectivity index (χ1) is 35.5. The molecule has 0 fully saturated rings. The molecule has 0 amide bonds. The fraction of sp³-hybridized carbons (Fsp3) is 0.0213. The largest absolute Gasteiger partial charge is 0.455 e. The lowest BCUT2D eigenvalue weighted by molar-refractivity contribution is 0.672. The summed E-state index contributed by atoms with van der Waals surface area (Å²) in [6, 6.07) is -24.0. The SMILES string of the molecule is [2H]c1c([2H])c(-c2c3c([2H])c([2H])c([2H])c([2H])c3c(-c3c([2H])c([2H])c4oc5c6c([2H])c([2H])c([2H])c([2H])c6c([2H])c([2H])c5c4c3[2H])c3c([2H])c([2H])c([2H])c([2H])c23)c([2H])c([2H])c1Cc1c([2H])c([2H])c([2H])c2c([2H])c([2H])c([2H])c([2H])c12. The summed E-state index contributed by atoms with van der Waals surface area (Å²) in [4.78, 5) is 0. The van der Waals surface area contributed by atoms with Gasteiger partial charge in [-0.15, -0.1) is 0 Å². The zero-order chi connectivity index (χ0) is 56.0. The maximum atomic E-state index is 9.82. The Kier molecular flexibility index (Phi) is 2.50. The van der Waals surface area contributed by atoms with Gasteiger partial charge in [0.2, 0.25) is 0 Å². The van der Waals surface area contributed by atoms with Crippen LogP contribution in [0.4, 0.5) is 0 Å². The minimum Gasteiger partial charge on any atom is -0.455 e. The molecule has 1 nitrogen and oxygen atoms in total. The summed E-state index contributed by atoms with van der Waals surface area (Å²) in [6.45, 7) is 0. The Bertz CT molecular complexity index is 4340. The summed E-state index contributed by atoms with van der Waals surface area (Å²) < 4.78 is 257. The molecule has 0 atom stereocenters. The second-order valence-corrected chi connectivity index (χ2v) is 10.6. The van der Waals surface area contributed by atoms with Crippen LogP contribution < -0.4 is 0 Å². The van der Waals surface area contributed by atoms with Crippen molar-refractivity contribution in [3.05, 3.63) is 180 Å². The third-order valence-corrected chi connectivity index (χ3v) is 7.98. The maximum Gasteiger partial charge on any atom is 0.143 e. The van der Waals surface area contributed by atoms with Crippen LogP contribution in [0.3, 0.4) is 0 Å². The second kappa shape index (κ2) is 10.7. The van der Waals surface area contributed by atoms with Gasteiger partial charge in [0.05, 0.1) is 38.4 Å². The van der Waals surface area contributed by atoms with E-state index >= 15 is 0 Å². The number of hydrogen-bond acceptors (Lipinski definition) is 1. The number of rotatable bonds is 4. The Morgan fingerprint density at radius 2 is 0.938 bits per heavy atom. The van der Waals surface area contributed by atoms with Gasteiger partial charge in [-0.2, -0.15) is 0 Å². The fourth-order valence-corrected chi connectivity index (χ4v) is 5.89. The molecule has 0 unspecified atom stereocenters. The minimum absolute atomic E-state index is 0.373. The van der Waals surface area contributed by atoms with E-state index in [-0.39, 0.29) is 5.56 Å². The van der Waals surface area contributed by atoms with Gasteiger partial charge >= 0.3 is 0 Å². The molecule has 10 rings (SSSR count). The quantitative estimate of drug-likeness (QED) is 0.175. The zero-order valence-corrected chi connectivity index (χ0v) is 24.1. The van der Waals surface area contributed by atoms with Crippen molar-refractivity contribution in [1.82, 2.24) is 0 Å². The molecule has 1 heteroatoms. The Labute approximate surface area is 317 Å². The summed E-state index contributed by atoms with van der Waals surface area (Å²) in [5, 5.41) is -5.51. The first-order valence-corrected chi connectivity index (χ1v) is 14.4. The van der Waals surface area contributed by atoms with E-state index in [0.29, 0.717) is 0 Å². The molecule has 1 aromatic heterocycles. The van der Waals surface area contributed by atoms with Crippen LogP contribution in [0.15, 0.2) is 174 Å². The normalized spacial score (nSPS) is 20.0. The van der Waals surface area contributed by atoms with Crippen LogP contribution in [0.25, 0.3) is 87.3 Å². The summed E-state index contributed by atoms with van der Waals surface area (Å²) in [5.41, 5.74) is -4.94. The first-order valence-electron chi connectivity index (χ1n) is 28.4. The van der Waals surface area contributed by atoms with E-state index in [0.717, 1.165) is 0 Å². The van der Waals surface area contributed by atoms with E-state index in [9.17, 15) is 15.1 Å². The van der Waals surface area contributed by atoms with Crippen LogP contribution in [0.2, 0.25) is 0 Å². The van der Waals surface area contributed by atoms with Crippen molar-refractivity contribution in [2.75, 3.05) is 0 Å². The Morgan fingerprint density at radius 3 is 1.62 bits per heavy atom. The predicted octanol–water partition coefficient (Wildman–Crippen LogP) is 13.1. The molecule has 10 aromatic rings. The number of furan rings is 1. The number of benzene rings is 9. The standard InChI is InChI=1S/C47H30O/c1-3-14-36-31(10-1)12-9-13-34(36)28-30-20-22-33(23-21-30)45-38-16-5-7-18-40(38)46(41-19-8-6-17-39(41)45)35-25-27-44-43(29-35)42-26-24-32-11-2-4-15-37(32)47(42)48-44/h1-27,29H,28H2/i1D,2D,3D,4D,5D,6D,7D,8D,9D,10D,11D,12D,13D,14D,15D,16D,17D,18D,19D,20D,21D,22D,23D,24D,25D,26D,27D,29D. The highest BCUT2D eigenvalue weighted by Gasteiger charge is 2.18. The first kappa shape index (κ1) is 11.2. The van der Waals surface area contributed by atoms with Crippen LogP contribution in [0.1, 0.15) is 49.5 Å². The zero-order valence-electron chi connectivity index (χ0n) is 52.1. The predicted molar refractivity (Wildman–Crippen MR) is 204 cm³/mol. The van der Waals surface area contributed by atoms with Crippen molar-refractivity contribution >= 4 is 65.0 Å². The Morgan fingerprint density at radius 1 is 0.396 bits per heavy atom. The van der Waals surface area contributed by atoms with Gasteiger partial charge < -0.3 is 4.42 Å². The number of hydrogen-bond donors (Lipinski definition) is 0. The molecule has 0 aliphatic carbocycles. The highest BCUT2D eigenvalue weighted by Crippen LogP contribution is 2.45. The van der Waals surface area contributed by atoms with Gasteiger partial charge in [-0.25, -0.2) is 0 Å². The minimum atomic E-state index is -0.992. The molecule has 1 heterocycles. The lowest BCUT2D eigenvalue weighted by Gasteiger charge is -2.18. The summed E-state index contributed by atoms with van der Waals surface area (Å²) >= 11 is 0. The van der Waals surface area contributed by atoms with Crippen LogP contribution >= 0.6 is 0 Å². The Balaban J connectivity index is 1.39. The molecule has 0 bridgehead atoms. The summed E-state index contributed by atoms with van der Waals surface area (Å²) in [6.07, 6.45) is -0.807. The van der Waals surface area contributed by atoms with E-state index in [1.54, 1.807) is 0 Å². The van der Waals surface area contributed by atoms with Gasteiger partial charge in [0.25, 0.3) is 0 Å². The van der Waals surface area contributed by atoms with Crippen LogP contribution in [0, 0.1) is 0 Å². The number of fused-ring (bicyclic) bond motifs is 8. The molecule has 0 radical (unpaired) electrons. The van der Waals surface area contributed by atoms with Crippen LogP contribution in [-0.2, 0) is 6.42 Å². The molecular weight excluding hydrogens is 581 g/mol. The molecule has 0 N–H and O–H groups in total. The van der Waals surface area contributed by atoms with Crippen molar-refractivity contribution < 1.29 is 42.8 Å². The third kappa shape index (κ3) is 4.18. The molecule has 0 saturated carbocycles. The van der Waals surface area contributed by atoms with E-state index in [1.807, 2.05) is 0 Å². The lowest BCUT2D eigenvalue weighted by Crippen LogP contribution is -1.92. The molecule has 0 saturated heterocycles. The maximum absolute atomic E-state index is 9.82. The average molecular weight is 639 g/mol. The van der Waals surface area contributed by atoms with Gasteiger partial charge in [-0.1, -0.05) is 151 Å². The van der Waals surface area contributed by atoms with Crippen molar-refractivity contribution in [3.63, 3.8) is 0 Å². The summed E-state index contributed by atoms with van der Waals surface area (Å²) in [5.74, 6) is 0. The molecule has 9 aromatic carbocycles. The lowest BCUT2D eigenvalue weighted by atomic mass is 9.85. The van der Waals surface area contributed by atoms with E-state index in [1.165, 1.54) is 0 Å².